The molecule has 2 saturated heterocycles. The molecule has 0 spiro atoms. The third kappa shape index (κ3) is 13.8. The molecular weight excluding hydrogens is 400 g/mol. The molecule has 0 aromatic carbocycles. The molecule has 0 bridgehead atoms. The Morgan fingerprint density at radius 2 is 1.38 bits per heavy atom. The van der Waals surface area contributed by atoms with E-state index in [1.54, 1.807) is 0 Å². The van der Waals surface area contributed by atoms with Crippen LogP contribution >= 0.6 is 23.5 Å². The summed E-state index contributed by atoms with van der Waals surface area (Å²) in [4.78, 5) is 13.7. The third-order valence-corrected chi connectivity index (χ3v) is 7.72. The predicted octanol–water partition coefficient (Wildman–Crippen LogP) is 5.90. The van der Waals surface area contributed by atoms with E-state index in [0.717, 1.165) is 43.0 Å². The second kappa shape index (κ2) is 14.1. The molecule has 2 heterocycles. The van der Waals surface area contributed by atoms with Gasteiger partial charge in [-0.2, -0.15) is 23.5 Å². The first-order chi connectivity index (χ1) is 13.6. The number of carbonyl (C=O) groups is 1. The number of rotatable bonds is 6. The van der Waals surface area contributed by atoms with Crippen molar-refractivity contribution in [2.75, 3.05) is 37.7 Å². The highest BCUT2D eigenvalue weighted by atomic mass is 32.2. The molecule has 0 aliphatic carbocycles. The lowest BCUT2D eigenvalue weighted by Crippen LogP contribution is -2.42. The lowest BCUT2D eigenvalue weighted by molar-refractivity contribution is 0.0191. The van der Waals surface area contributed by atoms with Crippen LogP contribution in [0.4, 0.5) is 4.79 Å². The number of thioether (sulfide) groups is 2. The summed E-state index contributed by atoms with van der Waals surface area (Å²) in [5.41, 5.74) is -0.387. The van der Waals surface area contributed by atoms with Crippen LogP contribution in [0.3, 0.4) is 0 Å². The van der Waals surface area contributed by atoms with Crippen LogP contribution < -0.4 is 5.32 Å². The first kappa shape index (κ1) is 27.0. The van der Waals surface area contributed by atoms with Crippen molar-refractivity contribution in [2.24, 2.45) is 11.8 Å². The highest BCUT2D eigenvalue weighted by Gasteiger charge is 2.26. The molecule has 1 N–H and O–H groups in total. The first-order valence-electron chi connectivity index (χ1n) is 11.5. The van der Waals surface area contributed by atoms with Crippen LogP contribution in [0.1, 0.15) is 74.1 Å². The van der Waals surface area contributed by atoms with Crippen LogP contribution in [0.2, 0.25) is 0 Å². The van der Waals surface area contributed by atoms with E-state index in [2.05, 4.69) is 44.8 Å². The first-order valence-corrected chi connectivity index (χ1v) is 13.6. The van der Waals surface area contributed by atoms with Crippen LogP contribution in [0, 0.1) is 11.8 Å². The molecule has 2 rings (SSSR count). The average molecular weight is 447 g/mol. The van der Waals surface area contributed by atoms with E-state index in [-0.39, 0.29) is 11.7 Å². The zero-order valence-electron chi connectivity index (χ0n) is 20.0. The van der Waals surface area contributed by atoms with Crippen LogP contribution in [-0.4, -0.2) is 64.8 Å². The summed E-state index contributed by atoms with van der Waals surface area (Å²) in [5, 5.41) is 4.91. The SMILES string of the molecule is CC(C)SCC1CCN(C(=O)OC(C)(C)C)CC1.CC(C)SCC1CCNCC1. The van der Waals surface area contributed by atoms with E-state index in [1.165, 1.54) is 37.4 Å². The number of ether oxygens (including phenoxy) is 1. The normalized spacial score (nSPS) is 19.3. The molecule has 1 amide bonds. The number of hydrogen-bond acceptors (Lipinski definition) is 5. The van der Waals surface area contributed by atoms with Gasteiger partial charge in [-0.15, -0.1) is 0 Å². The quantitative estimate of drug-likeness (QED) is 0.550. The van der Waals surface area contributed by atoms with E-state index in [1.807, 2.05) is 37.4 Å². The van der Waals surface area contributed by atoms with Crippen molar-refractivity contribution in [3.8, 4) is 0 Å². The Kier molecular flexibility index (Phi) is 13.1. The van der Waals surface area contributed by atoms with Gasteiger partial charge in [0.05, 0.1) is 0 Å². The maximum atomic E-state index is 11.9. The van der Waals surface area contributed by atoms with Gasteiger partial charge < -0.3 is 15.0 Å². The van der Waals surface area contributed by atoms with Gasteiger partial charge >= 0.3 is 6.09 Å². The summed E-state index contributed by atoms with van der Waals surface area (Å²) >= 11 is 4.13. The number of hydrogen-bond donors (Lipinski definition) is 1. The molecule has 172 valence electrons. The third-order valence-electron chi connectivity index (χ3n) is 5.06. The molecule has 2 fully saturated rings. The molecule has 6 heteroatoms. The average Bonchev–Trinajstić information content (AvgIpc) is 2.65. The Balaban J connectivity index is 0.000000326. The van der Waals surface area contributed by atoms with E-state index in [0.29, 0.717) is 5.25 Å². The van der Waals surface area contributed by atoms with Gasteiger partial charge in [-0.3, -0.25) is 0 Å². The van der Waals surface area contributed by atoms with Crippen LogP contribution in [-0.2, 0) is 4.74 Å². The maximum Gasteiger partial charge on any atom is 0.410 e. The van der Waals surface area contributed by atoms with E-state index in [4.69, 9.17) is 4.74 Å². The minimum Gasteiger partial charge on any atom is -0.444 e. The molecule has 0 aromatic heterocycles. The van der Waals surface area contributed by atoms with Gasteiger partial charge in [0, 0.05) is 13.1 Å². The summed E-state index contributed by atoms with van der Waals surface area (Å²) in [6.07, 6.45) is 4.84. The van der Waals surface area contributed by atoms with Crippen LogP contribution in [0.25, 0.3) is 0 Å². The Morgan fingerprint density at radius 1 is 0.931 bits per heavy atom. The van der Waals surface area contributed by atoms with Crippen molar-refractivity contribution < 1.29 is 9.53 Å². The summed E-state index contributed by atoms with van der Waals surface area (Å²) in [7, 11) is 0. The van der Waals surface area contributed by atoms with Gasteiger partial charge in [0.2, 0.25) is 0 Å². The number of amides is 1. The molecule has 0 aromatic rings. The Morgan fingerprint density at radius 3 is 1.79 bits per heavy atom. The Bertz CT molecular complexity index is 439. The highest BCUT2D eigenvalue weighted by molar-refractivity contribution is 8.00. The molecule has 0 unspecified atom stereocenters. The molecule has 29 heavy (non-hydrogen) atoms. The van der Waals surface area contributed by atoms with Gasteiger partial charge in [0.25, 0.3) is 0 Å². The van der Waals surface area contributed by atoms with E-state index >= 15 is 0 Å². The lowest BCUT2D eigenvalue weighted by Gasteiger charge is -2.33. The Labute approximate surface area is 189 Å². The van der Waals surface area contributed by atoms with Crippen molar-refractivity contribution in [1.29, 1.82) is 0 Å². The van der Waals surface area contributed by atoms with Gasteiger partial charge in [0.15, 0.2) is 0 Å². The van der Waals surface area contributed by atoms with Gasteiger partial charge in [-0.05, 0) is 93.4 Å². The molecule has 0 saturated carbocycles. The van der Waals surface area contributed by atoms with Crippen LogP contribution in [0.5, 0.6) is 0 Å². The second-order valence-electron chi connectivity index (χ2n) is 9.87. The van der Waals surface area contributed by atoms with Gasteiger partial charge in [-0.1, -0.05) is 27.7 Å². The summed E-state index contributed by atoms with van der Waals surface area (Å²) in [5.74, 6) is 4.35. The largest absolute Gasteiger partial charge is 0.444 e. The minimum atomic E-state index is -0.387. The number of nitrogens with one attached hydrogen (secondary N) is 1. The monoisotopic (exact) mass is 446 g/mol. The summed E-state index contributed by atoms with van der Waals surface area (Å²) in [6, 6.07) is 0. The van der Waals surface area contributed by atoms with Gasteiger partial charge in [0.1, 0.15) is 5.60 Å². The fourth-order valence-corrected chi connectivity index (χ4v) is 5.29. The predicted molar refractivity (Wildman–Crippen MR) is 131 cm³/mol. The number of carbonyl (C=O) groups excluding carboxylic acids is 1. The Hall–Kier alpha value is -0.0700. The standard InChI is InChI=1S/C14H27NO2S.C9H19NS/c1-11(2)18-10-12-6-8-15(9-7-12)13(16)17-14(3,4)5;1-8(2)11-7-9-3-5-10-6-4-9/h11-12H,6-10H2,1-5H3;8-10H,3-7H2,1-2H3. The van der Waals surface area contributed by atoms with Crippen LogP contribution in [0.15, 0.2) is 0 Å². The second-order valence-corrected chi connectivity index (χ2v) is 13.1. The van der Waals surface area contributed by atoms with Crippen molar-refractivity contribution in [3.05, 3.63) is 0 Å². The van der Waals surface area contributed by atoms with Crippen molar-refractivity contribution in [2.45, 2.75) is 90.3 Å². The van der Waals surface area contributed by atoms with E-state index in [9.17, 15) is 4.79 Å². The lowest BCUT2D eigenvalue weighted by atomic mass is 9.99. The zero-order chi connectivity index (χ0) is 21.9. The number of likely N-dealkylation sites (tertiary alicyclic amines) is 1. The molecule has 2 aliphatic heterocycles. The fraction of sp³-hybridized carbons (Fsp3) is 0.957. The summed E-state index contributed by atoms with van der Waals surface area (Å²) < 4.78 is 5.39. The van der Waals surface area contributed by atoms with Crippen molar-refractivity contribution in [3.63, 3.8) is 0 Å². The zero-order valence-corrected chi connectivity index (χ0v) is 21.6. The van der Waals surface area contributed by atoms with Crippen molar-refractivity contribution >= 4 is 29.6 Å². The molecule has 4 nitrogen and oxygen atoms in total. The van der Waals surface area contributed by atoms with E-state index < -0.39 is 0 Å². The van der Waals surface area contributed by atoms with Gasteiger partial charge in [-0.25, -0.2) is 4.79 Å². The van der Waals surface area contributed by atoms with Crippen molar-refractivity contribution in [1.82, 2.24) is 10.2 Å². The highest BCUT2D eigenvalue weighted by Crippen LogP contribution is 2.24. The maximum absolute atomic E-state index is 11.9. The molecule has 2 aliphatic rings. The smallest absolute Gasteiger partial charge is 0.410 e. The molecule has 0 radical (unpaired) electrons. The number of nitrogens with zero attached hydrogens (tertiary/aromatic N) is 1. The number of piperidine rings is 2. The fourth-order valence-electron chi connectivity index (χ4n) is 3.31. The minimum absolute atomic E-state index is 0.155. The molecular formula is C23H46N2O2S2. The molecule has 0 atom stereocenters. The topological polar surface area (TPSA) is 41.6 Å². The summed E-state index contributed by atoms with van der Waals surface area (Å²) in [6.45, 7) is 19.0.